The summed E-state index contributed by atoms with van der Waals surface area (Å²) in [6.07, 6.45) is 6.53. The van der Waals surface area contributed by atoms with E-state index >= 15 is 0 Å². The monoisotopic (exact) mass is 237 g/mol. The second kappa shape index (κ2) is 7.65. The minimum absolute atomic E-state index is 0.318. The van der Waals surface area contributed by atoms with Crippen molar-refractivity contribution in [1.29, 1.82) is 0 Å². The molecule has 1 aliphatic rings. The van der Waals surface area contributed by atoms with E-state index in [0.717, 1.165) is 38.3 Å². The van der Waals surface area contributed by atoms with Crippen LogP contribution < -0.4 is 5.32 Å². The van der Waals surface area contributed by atoms with Crippen molar-refractivity contribution in [2.24, 2.45) is 11.8 Å². The molecule has 1 fully saturated rings. The van der Waals surface area contributed by atoms with Gasteiger partial charge in [-0.3, -0.25) is 0 Å². The third-order valence-corrected chi connectivity index (χ3v) is 3.90. The van der Waals surface area contributed by atoms with Crippen molar-refractivity contribution in [3.8, 4) is 0 Å². The van der Waals surface area contributed by atoms with Crippen molar-refractivity contribution in [3.63, 3.8) is 0 Å². The molecule has 0 aromatic rings. The van der Waals surface area contributed by atoms with Crippen LogP contribution >= 0.6 is 0 Å². The molecule has 0 amide bonds. The summed E-state index contributed by atoms with van der Waals surface area (Å²) in [5.41, 5.74) is 1.41. The van der Waals surface area contributed by atoms with Crippen molar-refractivity contribution in [2.75, 3.05) is 13.1 Å². The minimum atomic E-state index is 0.318. The molecule has 2 nitrogen and oxygen atoms in total. The fraction of sp³-hybridized carbons (Fsp3) is 0.800. The Morgan fingerprint density at radius 1 is 1.41 bits per heavy atom. The van der Waals surface area contributed by atoms with Gasteiger partial charge in [-0.1, -0.05) is 25.5 Å². The molecule has 98 valence electrons. The Balaban J connectivity index is 2.35. The minimum Gasteiger partial charge on any atom is -0.316 e. The summed E-state index contributed by atoms with van der Waals surface area (Å²) < 4.78 is 0. The third-order valence-electron chi connectivity index (χ3n) is 3.90. The van der Waals surface area contributed by atoms with Gasteiger partial charge in [0.25, 0.3) is 0 Å². The molecule has 0 radical (unpaired) electrons. The lowest BCUT2D eigenvalue weighted by atomic mass is 9.80. The quantitative estimate of drug-likeness (QED) is 0.587. The molecule has 2 heteroatoms. The van der Waals surface area contributed by atoms with E-state index in [1.54, 1.807) is 6.92 Å². The number of unbranched alkanes of at least 4 members (excludes halogenated alkanes) is 1. The zero-order valence-electron chi connectivity index (χ0n) is 11.4. The number of carbonyl (C=O) groups excluding carboxylic acids is 1. The standard InChI is InChI=1S/C15H27NO/c1-12-8-10-16-11-9-13(2)15(12)7-5-4-6-14(3)17/h13,15-16H,1,4-11H2,2-3H3. The lowest BCUT2D eigenvalue weighted by Gasteiger charge is -2.29. The number of nitrogens with one attached hydrogen (secondary N) is 1. The zero-order valence-corrected chi connectivity index (χ0v) is 11.4. The van der Waals surface area contributed by atoms with Crippen LogP contribution in [0.3, 0.4) is 0 Å². The fourth-order valence-electron chi connectivity index (χ4n) is 2.72. The maximum Gasteiger partial charge on any atom is 0.129 e. The number of hydrogen-bond donors (Lipinski definition) is 1. The van der Waals surface area contributed by atoms with E-state index in [2.05, 4.69) is 18.8 Å². The first-order valence-corrected chi connectivity index (χ1v) is 6.99. The Kier molecular flexibility index (Phi) is 6.49. The van der Waals surface area contributed by atoms with Gasteiger partial charge in [0.2, 0.25) is 0 Å². The molecular formula is C15H27NO. The van der Waals surface area contributed by atoms with Gasteiger partial charge in [-0.25, -0.2) is 0 Å². The molecule has 0 saturated carbocycles. The third kappa shape index (κ3) is 5.49. The lowest BCUT2D eigenvalue weighted by Crippen LogP contribution is -2.27. The largest absolute Gasteiger partial charge is 0.316 e. The second-order valence-corrected chi connectivity index (χ2v) is 5.48. The van der Waals surface area contributed by atoms with E-state index in [9.17, 15) is 4.79 Å². The molecule has 0 aromatic carbocycles. The summed E-state index contributed by atoms with van der Waals surface area (Å²) in [7, 11) is 0. The van der Waals surface area contributed by atoms with E-state index in [0.29, 0.717) is 11.7 Å². The van der Waals surface area contributed by atoms with Crippen LogP contribution in [0.2, 0.25) is 0 Å². The van der Waals surface area contributed by atoms with Gasteiger partial charge < -0.3 is 10.1 Å². The molecule has 1 heterocycles. The van der Waals surface area contributed by atoms with Crippen LogP contribution in [0.1, 0.15) is 52.4 Å². The highest BCUT2D eigenvalue weighted by molar-refractivity contribution is 5.75. The van der Waals surface area contributed by atoms with Crippen LogP contribution in [0.4, 0.5) is 0 Å². The molecular weight excluding hydrogens is 210 g/mol. The Bertz CT molecular complexity index is 260. The van der Waals surface area contributed by atoms with Gasteiger partial charge in [0, 0.05) is 6.42 Å². The summed E-state index contributed by atoms with van der Waals surface area (Å²) in [6.45, 7) is 10.5. The maximum absolute atomic E-state index is 10.9. The molecule has 1 N–H and O–H groups in total. The SMILES string of the molecule is C=C1CCNCCC(C)C1CCCCC(C)=O. The Labute approximate surface area is 106 Å². The molecule has 2 atom stereocenters. The van der Waals surface area contributed by atoms with Gasteiger partial charge in [-0.05, 0) is 57.5 Å². The highest BCUT2D eigenvalue weighted by atomic mass is 16.1. The first-order chi connectivity index (χ1) is 8.11. The summed E-state index contributed by atoms with van der Waals surface area (Å²) in [5.74, 6) is 1.72. The van der Waals surface area contributed by atoms with E-state index in [-0.39, 0.29) is 0 Å². The Hall–Kier alpha value is -0.630. The topological polar surface area (TPSA) is 29.1 Å². The second-order valence-electron chi connectivity index (χ2n) is 5.48. The summed E-state index contributed by atoms with van der Waals surface area (Å²) in [4.78, 5) is 10.9. The molecule has 1 aliphatic heterocycles. The summed E-state index contributed by atoms with van der Waals surface area (Å²) in [5, 5.41) is 3.45. The van der Waals surface area contributed by atoms with Crippen LogP contribution in [0.5, 0.6) is 0 Å². The van der Waals surface area contributed by atoms with Gasteiger partial charge in [-0.2, -0.15) is 0 Å². The van der Waals surface area contributed by atoms with Crippen LogP contribution in [0.15, 0.2) is 12.2 Å². The fourth-order valence-corrected chi connectivity index (χ4v) is 2.72. The average molecular weight is 237 g/mol. The van der Waals surface area contributed by atoms with E-state index in [1.165, 1.54) is 24.8 Å². The van der Waals surface area contributed by atoms with Crippen molar-refractivity contribution in [3.05, 3.63) is 12.2 Å². The van der Waals surface area contributed by atoms with Gasteiger partial charge in [0.15, 0.2) is 0 Å². The molecule has 0 aromatic heterocycles. The first kappa shape index (κ1) is 14.4. The average Bonchev–Trinajstić information content (AvgIpc) is 2.25. The lowest BCUT2D eigenvalue weighted by molar-refractivity contribution is -0.117. The van der Waals surface area contributed by atoms with Gasteiger partial charge in [0.1, 0.15) is 5.78 Å². The normalized spacial score (nSPS) is 26.4. The predicted molar refractivity (Wildman–Crippen MR) is 73.0 cm³/mol. The number of ketones is 1. The predicted octanol–water partition coefficient (Wildman–Crippen LogP) is 3.33. The smallest absolute Gasteiger partial charge is 0.129 e. The van der Waals surface area contributed by atoms with E-state index in [1.807, 2.05) is 0 Å². The summed E-state index contributed by atoms with van der Waals surface area (Å²) >= 11 is 0. The number of hydrogen-bond acceptors (Lipinski definition) is 2. The molecule has 0 spiro atoms. The number of Topliss-reactive ketones (excluding diaryl/α,β-unsaturated/α-hetero) is 1. The van der Waals surface area contributed by atoms with Gasteiger partial charge in [-0.15, -0.1) is 0 Å². The number of rotatable bonds is 5. The molecule has 0 aliphatic carbocycles. The molecule has 2 unspecified atom stereocenters. The first-order valence-electron chi connectivity index (χ1n) is 6.99. The molecule has 1 rings (SSSR count). The Morgan fingerprint density at radius 2 is 2.18 bits per heavy atom. The molecule has 1 saturated heterocycles. The van der Waals surface area contributed by atoms with Crippen LogP contribution in [0, 0.1) is 11.8 Å². The van der Waals surface area contributed by atoms with Crippen LogP contribution in [0.25, 0.3) is 0 Å². The molecule has 17 heavy (non-hydrogen) atoms. The van der Waals surface area contributed by atoms with Crippen LogP contribution in [-0.2, 0) is 4.79 Å². The Morgan fingerprint density at radius 3 is 2.88 bits per heavy atom. The summed E-state index contributed by atoms with van der Waals surface area (Å²) in [6, 6.07) is 0. The zero-order chi connectivity index (χ0) is 12.7. The van der Waals surface area contributed by atoms with Gasteiger partial charge in [0.05, 0.1) is 0 Å². The van der Waals surface area contributed by atoms with E-state index in [4.69, 9.17) is 0 Å². The van der Waals surface area contributed by atoms with Crippen molar-refractivity contribution in [2.45, 2.75) is 52.4 Å². The number of carbonyl (C=O) groups is 1. The van der Waals surface area contributed by atoms with Crippen molar-refractivity contribution >= 4 is 5.78 Å². The molecule has 0 bridgehead atoms. The van der Waals surface area contributed by atoms with E-state index < -0.39 is 0 Å². The maximum atomic E-state index is 10.9. The highest BCUT2D eigenvalue weighted by Gasteiger charge is 2.21. The van der Waals surface area contributed by atoms with Crippen LogP contribution in [-0.4, -0.2) is 18.9 Å². The van der Waals surface area contributed by atoms with Crippen molar-refractivity contribution in [1.82, 2.24) is 5.32 Å². The van der Waals surface area contributed by atoms with Gasteiger partial charge >= 0.3 is 0 Å². The highest BCUT2D eigenvalue weighted by Crippen LogP contribution is 2.30. The van der Waals surface area contributed by atoms with Crippen molar-refractivity contribution < 1.29 is 4.79 Å².